The Bertz CT molecular complexity index is 605. The van der Waals surface area contributed by atoms with Gasteiger partial charge in [-0.1, -0.05) is 40.7 Å². The average molecular weight is 400 g/mol. The lowest BCUT2D eigenvalue weighted by Gasteiger charge is -2.38. The second kappa shape index (κ2) is 10.0. The van der Waals surface area contributed by atoms with E-state index >= 15 is 0 Å². The minimum Gasteiger partial charge on any atom is -0.478 e. The highest BCUT2D eigenvalue weighted by atomic mass is 16.5. The molecule has 0 saturated carbocycles. The number of nitrogens with two attached hydrogens (primary N) is 1. The standard InChI is InChI=1S/C20H37N3O5/c1-12(2)14(10-13(3)17(25)26)23(8)16(24)15(19(4,5)6)22-18(27)20(7,21)11-28-9/h10,12,14-15H,11,21H2,1-9H3,(H,22,27)(H,25,26)/b13-10+/t14-,15-,20?/m1/s1. The molecule has 8 nitrogen and oxygen atoms in total. The van der Waals surface area contributed by atoms with Gasteiger partial charge in [0, 0.05) is 19.7 Å². The van der Waals surface area contributed by atoms with Gasteiger partial charge in [0.15, 0.2) is 0 Å². The lowest BCUT2D eigenvalue weighted by molar-refractivity contribution is -0.141. The molecule has 0 saturated heterocycles. The maximum atomic E-state index is 13.3. The van der Waals surface area contributed by atoms with E-state index in [4.69, 9.17) is 10.5 Å². The van der Waals surface area contributed by atoms with Gasteiger partial charge < -0.3 is 25.8 Å². The molecule has 0 bridgehead atoms. The van der Waals surface area contributed by atoms with Gasteiger partial charge in [0.1, 0.15) is 11.6 Å². The number of carbonyl (C=O) groups excluding carboxylic acids is 2. The van der Waals surface area contributed by atoms with Crippen molar-refractivity contribution in [2.24, 2.45) is 17.1 Å². The SMILES string of the molecule is COCC(C)(N)C(=O)N[C@H](C(=O)N(C)[C@H](/C=C(\C)C(=O)O)C(C)C)C(C)(C)C. The van der Waals surface area contributed by atoms with Gasteiger partial charge in [0.25, 0.3) is 0 Å². The van der Waals surface area contributed by atoms with Crippen LogP contribution in [0.2, 0.25) is 0 Å². The summed E-state index contributed by atoms with van der Waals surface area (Å²) in [6.45, 7) is 12.4. The lowest BCUT2D eigenvalue weighted by atomic mass is 9.84. The number of amides is 2. The quantitative estimate of drug-likeness (QED) is 0.504. The van der Waals surface area contributed by atoms with Gasteiger partial charge in [-0.3, -0.25) is 9.59 Å². The van der Waals surface area contributed by atoms with Crippen LogP contribution in [0.25, 0.3) is 0 Å². The third-order valence-electron chi connectivity index (χ3n) is 4.59. The molecule has 0 heterocycles. The van der Waals surface area contributed by atoms with Crippen molar-refractivity contribution in [2.75, 3.05) is 20.8 Å². The summed E-state index contributed by atoms with van der Waals surface area (Å²) >= 11 is 0. The summed E-state index contributed by atoms with van der Waals surface area (Å²) in [7, 11) is 3.06. The zero-order valence-corrected chi connectivity index (χ0v) is 18.6. The third-order valence-corrected chi connectivity index (χ3v) is 4.59. The third kappa shape index (κ3) is 7.24. The van der Waals surface area contributed by atoms with Crippen molar-refractivity contribution in [3.8, 4) is 0 Å². The number of nitrogens with one attached hydrogen (secondary N) is 1. The molecule has 0 aromatic rings. The van der Waals surface area contributed by atoms with Crippen molar-refractivity contribution < 1.29 is 24.2 Å². The van der Waals surface area contributed by atoms with Crippen molar-refractivity contribution in [1.82, 2.24) is 10.2 Å². The molecule has 0 spiro atoms. The molecule has 0 radical (unpaired) electrons. The molecule has 0 aromatic carbocycles. The zero-order valence-electron chi connectivity index (χ0n) is 18.6. The zero-order chi connectivity index (χ0) is 22.4. The normalized spacial score (nSPS) is 16.9. The first-order chi connectivity index (χ1) is 12.6. The molecule has 0 aliphatic rings. The largest absolute Gasteiger partial charge is 0.478 e. The van der Waals surface area contributed by atoms with Crippen molar-refractivity contribution in [3.63, 3.8) is 0 Å². The summed E-state index contributed by atoms with van der Waals surface area (Å²) in [4.78, 5) is 38.6. The summed E-state index contributed by atoms with van der Waals surface area (Å²) in [5.41, 5.74) is 4.30. The van der Waals surface area contributed by atoms with Crippen LogP contribution in [0.3, 0.4) is 0 Å². The number of carboxylic acids is 1. The minimum absolute atomic E-state index is 0.00882. The van der Waals surface area contributed by atoms with Crippen LogP contribution in [0.5, 0.6) is 0 Å². The average Bonchev–Trinajstić information content (AvgIpc) is 2.54. The van der Waals surface area contributed by atoms with E-state index in [-0.39, 0.29) is 24.0 Å². The molecule has 0 aromatic heterocycles. The Kier molecular flexibility index (Phi) is 9.33. The maximum absolute atomic E-state index is 13.3. The van der Waals surface area contributed by atoms with Gasteiger partial charge in [-0.25, -0.2) is 4.79 Å². The fourth-order valence-corrected chi connectivity index (χ4v) is 2.74. The number of rotatable bonds is 9. The molecule has 0 fully saturated rings. The van der Waals surface area contributed by atoms with Gasteiger partial charge >= 0.3 is 5.97 Å². The van der Waals surface area contributed by atoms with E-state index in [2.05, 4.69) is 5.32 Å². The van der Waals surface area contributed by atoms with Crippen LogP contribution >= 0.6 is 0 Å². The fourth-order valence-electron chi connectivity index (χ4n) is 2.74. The Morgan fingerprint density at radius 2 is 1.71 bits per heavy atom. The maximum Gasteiger partial charge on any atom is 0.331 e. The van der Waals surface area contributed by atoms with Crippen LogP contribution in [0.1, 0.15) is 48.5 Å². The van der Waals surface area contributed by atoms with Crippen LogP contribution in [-0.2, 0) is 19.1 Å². The number of hydrogen-bond donors (Lipinski definition) is 3. The Morgan fingerprint density at radius 1 is 1.21 bits per heavy atom. The van der Waals surface area contributed by atoms with Crippen LogP contribution in [0, 0.1) is 11.3 Å². The van der Waals surface area contributed by atoms with Crippen LogP contribution < -0.4 is 11.1 Å². The fraction of sp³-hybridized carbons (Fsp3) is 0.750. The van der Waals surface area contributed by atoms with Crippen molar-refractivity contribution >= 4 is 17.8 Å². The number of carboxylic acid groups (broad SMARTS) is 1. The number of aliphatic carboxylic acids is 1. The predicted octanol–water partition coefficient (Wildman–Crippen LogP) is 1.40. The Morgan fingerprint density at radius 3 is 2.07 bits per heavy atom. The molecule has 2 amide bonds. The Labute approximate surface area is 168 Å². The van der Waals surface area contributed by atoms with Gasteiger partial charge in [-0.2, -0.15) is 0 Å². The molecule has 1 unspecified atom stereocenters. The summed E-state index contributed by atoms with van der Waals surface area (Å²) in [5.74, 6) is -1.87. The van der Waals surface area contributed by atoms with Crippen molar-refractivity contribution in [2.45, 2.75) is 66.1 Å². The summed E-state index contributed by atoms with van der Waals surface area (Å²) < 4.78 is 4.99. The molecule has 0 aliphatic heterocycles. The molecule has 162 valence electrons. The van der Waals surface area contributed by atoms with Gasteiger partial charge in [-0.05, 0) is 25.2 Å². The predicted molar refractivity (Wildman–Crippen MR) is 109 cm³/mol. The molecule has 0 aliphatic carbocycles. The summed E-state index contributed by atoms with van der Waals surface area (Å²) in [5, 5.41) is 11.9. The van der Waals surface area contributed by atoms with E-state index in [1.165, 1.54) is 25.9 Å². The van der Waals surface area contributed by atoms with Crippen molar-refractivity contribution in [1.29, 1.82) is 0 Å². The number of carbonyl (C=O) groups is 3. The molecule has 4 N–H and O–H groups in total. The van der Waals surface area contributed by atoms with E-state index in [1.54, 1.807) is 13.1 Å². The van der Waals surface area contributed by atoms with E-state index in [1.807, 2.05) is 34.6 Å². The molecule has 28 heavy (non-hydrogen) atoms. The Hall–Kier alpha value is -1.93. The van der Waals surface area contributed by atoms with Crippen LogP contribution in [0.15, 0.2) is 11.6 Å². The summed E-state index contributed by atoms with van der Waals surface area (Å²) in [6, 6.07) is -1.28. The van der Waals surface area contributed by atoms with Crippen molar-refractivity contribution in [3.05, 3.63) is 11.6 Å². The second-order valence-electron chi connectivity index (χ2n) is 8.96. The van der Waals surface area contributed by atoms with E-state index in [0.717, 1.165) is 0 Å². The number of nitrogens with zero attached hydrogens (tertiary/aromatic N) is 1. The van der Waals surface area contributed by atoms with E-state index < -0.39 is 34.9 Å². The van der Waals surface area contributed by atoms with E-state index in [0.29, 0.717) is 0 Å². The monoisotopic (exact) mass is 399 g/mol. The second-order valence-corrected chi connectivity index (χ2v) is 8.96. The Balaban J connectivity index is 5.81. The van der Waals surface area contributed by atoms with Gasteiger partial charge in [0.2, 0.25) is 11.8 Å². The number of ether oxygens (including phenoxy) is 1. The molecular formula is C20H37N3O5. The van der Waals surface area contributed by atoms with Gasteiger partial charge in [0.05, 0.1) is 12.6 Å². The van der Waals surface area contributed by atoms with Crippen LogP contribution in [-0.4, -0.2) is 66.2 Å². The van der Waals surface area contributed by atoms with Crippen LogP contribution in [0.4, 0.5) is 0 Å². The molecule has 8 heteroatoms. The number of likely N-dealkylation sites (N-methyl/N-ethyl adjacent to an activating group) is 1. The highest BCUT2D eigenvalue weighted by Gasteiger charge is 2.40. The topological polar surface area (TPSA) is 122 Å². The molecule has 3 atom stereocenters. The minimum atomic E-state index is -1.28. The van der Waals surface area contributed by atoms with Gasteiger partial charge in [-0.15, -0.1) is 0 Å². The van der Waals surface area contributed by atoms with E-state index in [9.17, 15) is 19.5 Å². The number of methoxy groups -OCH3 is 1. The first kappa shape index (κ1) is 26.1. The number of hydrogen-bond acceptors (Lipinski definition) is 5. The lowest BCUT2D eigenvalue weighted by Crippen LogP contribution is -2.62. The first-order valence-electron chi connectivity index (χ1n) is 9.33. The summed E-state index contributed by atoms with van der Waals surface area (Å²) in [6.07, 6.45) is 1.56. The first-order valence-corrected chi connectivity index (χ1v) is 9.33. The molecule has 0 rings (SSSR count). The highest BCUT2D eigenvalue weighted by Crippen LogP contribution is 2.24. The smallest absolute Gasteiger partial charge is 0.331 e. The molecular weight excluding hydrogens is 362 g/mol. The highest BCUT2D eigenvalue weighted by molar-refractivity contribution is 5.92.